The summed E-state index contributed by atoms with van der Waals surface area (Å²) in [5, 5.41) is 3.26. The first-order valence-corrected chi connectivity index (χ1v) is 10.6. The normalized spacial score (nSPS) is 15.4. The average Bonchev–Trinajstić information content (AvgIpc) is 3.11. The first-order chi connectivity index (χ1) is 15.4. The number of Topliss-reactive ketones (excluding diaryl/α,β-unsaturated/α-hetero) is 1. The fourth-order valence-electron chi connectivity index (χ4n) is 3.57. The molecular formula is C23H27N5O4. The Morgan fingerprint density at radius 1 is 1.22 bits per heavy atom. The number of imidazole rings is 1. The molecule has 0 bridgehead atoms. The monoisotopic (exact) mass is 437 g/mol. The van der Waals surface area contributed by atoms with Crippen LogP contribution in [0.5, 0.6) is 6.01 Å². The van der Waals surface area contributed by atoms with Gasteiger partial charge in [0.05, 0.1) is 6.54 Å². The van der Waals surface area contributed by atoms with Crippen molar-refractivity contribution in [1.82, 2.24) is 24.0 Å². The number of rotatable bonds is 8. The predicted octanol–water partition coefficient (Wildman–Crippen LogP) is 1.49. The zero-order valence-electron chi connectivity index (χ0n) is 18.5. The number of carbonyl (C=O) groups excluding carboxylic acids is 1. The topological polar surface area (TPSA) is 100 Å². The number of nitrogens with one attached hydrogen (secondary N) is 1. The van der Waals surface area contributed by atoms with E-state index in [1.807, 2.05) is 19.9 Å². The summed E-state index contributed by atoms with van der Waals surface area (Å²) in [6, 6.07) is 9.14. The van der Waals surface area contributed by atoms with E-state index in [9.17, 15) is 14.4 Å². The summed E-state index contributed by atoms with van der Waals surface area (Å²) in [6.07, 6.45) is 2.97. The van der Waals surface area contributed by atoms with Gasteiger partial charge in [0.25, 0.3) is 11.6 Å². The number of carbonyl (C=O) groups is 1. The van der Waals surface area contributed by atoms with E-state index in [0.29, 0.717) is 18.7 Å². The van der Waals surface area contributed by atoms with E-state index in [-0.39, 0.29) is 35.5 Å². The molecule has 0 spiro atoms. The van der Waals surface area contributed by atoms with Gasteiger partial charge in [-0.05, 0) is 26.8 Å². The van der Waals surface area contributed by atoms with Crippen molar-refractivity contribution in [2.75, 3.05) is 13.2 Å². The Hall–Kier alpha value is -3.46. The van der Waals surface area contributed by atoms with E-state index >= 15 is 0 Å². The molecule has 1 saturated heterocycles. The lowest BCUT2D eigenvalue weighted by molar-refractivity contribution is 0.0969. The summed E-state index contributed by atoms with van der Waals surface area (Å²) in [6.45, 7) is 5.33. The zero-order chi connectivity index (χ0) is 22.8. The maximum atomic E-state index is 13.4. The fraction of sp³-hybridized carbons (Fsp3) is 0.391. The Kier molecular flexibility index (Phi) is 6.09. The minimum atomic E-state index is -0.592. The van der Waals surface area contributed by atoms with Crippen molar-refractivity contribution >= 4 is 16.9 Å². The second kappa shape index (κ2) is 8.96. The molecule has 1 fully saturated rings. The Bertz CT molecular complexity index is 1290. The number of fused-ring (bicyclic) bond motifs is 1. The van der Waals surface area contributed by atoms with Gasteiger partial charge in [-0.3, -0.25) is 23.3 Å². The lowest BCUT2D eigenvalue weighted by Gasteiger charge is -2.27. The van der Waals surface area contributed by atoms with Gasteiger partial charge in [-0.15, -0.1) is 0 Å². The van der Waals surface area contributed by atoms with Crippen molar-refractivity contribution in [3.8, 4) is 6.01 Å². The van der Waals surface area contributed by atoms with Gasteiger partial charge in [0, 0.05) is 25.2 Å². The summed E-state index contributed by atoms with van der Waals surface area (Å²) >= 11 is 0. The van der Waals surface area contributed by atoms with Gasteiger partial charge in [-0.2, -0.15) is 4.98 Å². The Morgan fingerprint density at radius 3 is 2.56 bits per heavy atom. The number of allylic oxidation sites excluding steroid dienone is 2. The number of hydrogen-bond acceptors (Lipinski definition) is 6. The molecule has 2 aromatic heterocycles. The Morgan fingerprint density at radius 2 is 1.94 bits per heavy atom. The minimum Gasteiger partial charge on any atom is -0.463 e. The number of ether oxygens (including phenoxy) is 1. The Balaban J connectivity index is 1.81. The molecule has 3 aromatic rings. The molecule has 32 heavy (non-hydrogen) atoms. The summed E-state index contributed by atoms with van der Waals surface area (Å²) in [7, 11) is 1.54. The summed E-state index contributed by atoms with van der Waals surface area (Å²) < 4.78 is 9.86. The van der Waals surface area contributed by atoms with E-state index in [1.54, 1.807) is 41.9 Å². The minimum absolute atomic E-state index is 0.238. The average molecular weight is 438 g/mol. The van der Waals surface area contributed by atoms with Crippen LogP contribution in [0.25, 0.3) is 11.2 Å². The van der Waals surface area contributed by atoms with Crippen LogP contribution in [0.15, 0.2) is 51.6 Å². The molecule has 0 amide bonds. The molecule has 9 heteroatoms. The van der Waals surface area contributed by atoms with Gasteiger partial charge >= 0.3 is 5.69 Å². The largest absolute Gasteiger partial charge is 0.463 e. The first kappa shape index (κ1) is 21.8. The molecule has 1 aliphatic heterocycles. The van der Waals surface area contributed by atoms with E-state index < -0.39 is 11.2 Å². The highest BCUT2D eigenvalue weighted by Gasteiger charge is 2.24. The van der Waals surface area contributed by atoms with Crippen LogP contribution in [-0.4, -0.2) is 43.7 Å². The quantitative estimate of drug-likeness (QED) is 0.423. The second-order valence-electron chi connectivity index (χ2n) is 8.23. The first-order valence-electron chi connectivity index (χ1n) is 10.6. The van der Waals surface area contributed by atoms with Crippen LogP contribution in [0.1, 0.15) is 30.6 Å². The predicted molar refractivity (Wildman–Crippen MR) is 121 cm³/mol. The zero-order valence-corrected chi connectivity index (χ0v) is 18.5. The summed E-state index contributed by atoms with van der Waals surface area (Å²) in [5.74, 6) is -0.313. The van der Waals surface area contributed by atoms with Crippen molar-refractivity contribution in [2.45, 2.75) is 39.4 Å². The van der Waals surface area contributed by atoms with Crippen LogP contribution in [0, 0.1) is 0 Å². The second-order valence-corrected chi connectivity index (χ2v) is 8.23. The van der Waals surface area contributed by atoms with E-state index in [0.717, 1.165) is 23.1 Å². The molecule has 0 saturated carbocycles. The highest BCUT2D eigenvalue weighted by molar-refractivity contribution is 5.95. The van der Waals surface area contributed by atoms with Crippen molar-refractivity contribution in [3.63, 3.8) is 0 Å². The highest BCUT2D eigenvalue weighted by atomic mass is 16.5. The third-order valence-electron chi connectivity index (χ3n) is 5.62. The molecule has 1 atom stereocenters. The number of hydrogen-bond donors (Lipinski definition) is 1. The number of ketones is 1. The molecule has 0 unspecified atom stereocenters. The van der Waals surface area contributed by atoms with Crippen LogP contribution in [0.4, 0.5) is 0 Å². The van der Waals surface area contributed by atoms with E-state index in [4.69, 9.17) is 4.74 Å². The molecule has 1 N–H and O–H groups in total. The number of nitrogens with zero attached hydrogens (tertiary/aromatic N) is 4. The third kappa shape index (κ3) is 4.16. The smallest absolute Gasteiger partial charge is 0.332 e. The number of benzene rings is 1. The molecule has 4 rings (SSSR count). The maximum absolute atomic E-state index is 13.4. The van der Waals surface area contributed by atoms with Gasteiger partial charge in [0.1, 0.15) is 6.61 Å². The van der Waals surface area contributed by atoms with Crippen molar-refractivity contribution in [2.24, 2.45) is 7.05 Å². The summed E-state index contributed by atoms with van der Waals surface area (Å²) in [4.78, 5) is 43.5. The number of aryl methyl sites for hydroxylation is 1. The van der Waals surface area contributed by atoms with Gasteiger partial charge in [-0.25, -0.2) is 4.79 Å². The lowest BCUT2D eigenvalue weighted by Crippen LogP contribution is -2.46. The molecule has 0 radical (unpaired) electrons. The van der Waals surface area contributed by atoms with Crippen molar-refractivity contribution < 1.29 is 9.53 Å². The van der Waals surface area contributed by atoms with Crippen LogP contribution in [0.3, 0.4) is 0 Å². The van der Waals surface area contributed by atoms with Crippen molar-refractivity contribution in [3.05, 3.63) is 68.4 Å². The molecule has 9 nitrogen and oxygen atoms in total. The third-order valence-corrected chi connectivity index (χ3v) is 5.62. The van der Waals surface area contributed by atoms with Gasteiger partial charge < -0.3 is 10.1 Å². The van der Waals surface area contributed by atoms with Crippen LogP contribution >= 0.6 is 0 Å². The Labute approximate surface area is 185 Å². The molecule has 3 heterocycles. The molecule has 1 aromatic carbocycles. The van der Waals surface area contributed by atoms with Gasteiger partial charge in [0.15, 0.2) is 16.9 Å². The van der Waals surface area contributed by atoms with Gasteiger partial charge in [0.2, 0.25) is 0 Å². The standard InChI is InChI=1S/C23H27N5O4/c1-15(2)10-12-27-19-20(25-22(27)32-14-17-9-11-24-17)26(3)23(31)28(21(19)30)13-18(29)16-7-5-4-6-8-16/h4-8,10,17,24H,9,11-14H2,1-3H3/t17-/m0/s1. The lowest BCUT2D eigenvalue weighted by atomic mass is 10.1. The summed E-state index contributed by atoms with van der Waals surface area (Å²) in [5.41, 5.74) is 0.841. The van der Waals surface area contributed by atoms with Crippen molar-refractivity contribution in [1.29, 1.82) is 0 Å². The fourth-order valence-corrected chi connectivity index (χ4v) is 3.57. The molecule has 1 aliphatic rings. The SMILES string of the molecule is CC(C)=CCn1c(OC[C@@H]2CCN2)nc2c1c(=O)n(CC(=O)c1ccccc1)c(=O)n2C. The highest BCUT2D eigenvalue weighted by Crippen LogP contribution is 2.19. The van der Waals surface area contributed by atoms with Gasteiger partial charge in [-0.1, -0.05) is 42.0 Å². The van der Waals surface area contributed by atoms with E-state index in [1.165, 1.54) is 4.57 Å². The van der Waals surface area contributed by atoms with Crippen LogP contribution in [0.2, 0.25) is 0 Å². The number of aromatic nitrogens is 4. The maximum Gasteiger partial charge on any atom is 0.332 e. The molecule has 0 aliphatic carbocycles. The van der Waals surface area contributed by atoms with E-state index in [2.05, 4.69) is 10.3 Å². The van der Waals surface area contributed by atoms with Crippen LogP contribution in [-0.2, 0) is 20.1 Å². The molecular weight excluding hydrogens is 410 g/mol. The van der Waals surface area contributed by atoms with Crippen LogP contribution < -0.4 is 21.3 Å². The molecule has 168 valence electrons.